The second-order valence-corrected chi connectivity index (χ2v) is 9.50. The van der Waals surface area contributed by atoms with Crippen molar-refractivity contribution in [3.63, 3.8) is 0 Å². The molecule has 0 spiro atoms. The van der Waals surface area contributed by atoms with E-state index in [1.165, 1.54) is 28.8 Å². The number of aromatic nitrogens is 3. The number of anilines is 1. The van der Waals surface area contributed by atoms with Gasteiger partial charge in [-0.15, -0.1) is 0 Å². The third-order valence-electron chi connectivity index (χ3n) is 5.45. The number of carbonyl (C=O) groups is 1. The minimum atomic E-state index is -3.71. The molecule has 0 saturated carbocycles. The van der Waals surface area contributed by atoms with Crippen molar-refractivity contribution in [2.75, 3.05) is 45.1 Å². The van der Waals surface area contributed by atoms with Gasteiger partial charge in [0.05, 0.1) is 23.4 Å². The van der Waals surface area contributed by atoms with Gasteiger partial charge in [0.1, 0.15) is 0 Å². The minimum Gasteiger partial charge on any atom is -0.395 e. The predicted octanol–water partition coefficient (Wildman–Crippen LogP) is 0.650. The quantitative estimate of drug-likeness (QED) is 0.478. The van der Waals surface area contributed by atoms with Crippen LogP contribution in [0.1, 0.15) is 16.1 Å². The molecule has 1 aliphatic rings. The van der Waals surface area contributed by atoms with E-state index in [4.69, 9.17) is 10.8 Å². The van der Waals surface area contributed by atoms with Crippen LogP contribution in [0.5, 0.6) is 0 Å². The third kappa shape index (κ3) is 4.91. The average Bonchev–Trinajstić information content (AvgIpc) is 2.85. The van der Waals surface area contributed by atoms with Gasteiger partial charge in [-0.05, 0) is 24.3 Å². The van der Waals surface area contributed by atoms with Gasteiger partial charge in [0.2, 0.25) is 15.8 Å². The standard InChI is InChI=1S/C22H24N6O4S/c23-22-20(21(30)17-4-2-6-24-14-17)26-19(15-25-22)16-3-1-5-18(13-16)33(31,32)28-9-7-27(8-10-28)11-12-29/h1-6,13-15,29H,7-12H2,(H2,23,25). The Morgan fingerprint density at radius 1 is 1.09 bits per heavy atom. The summed E-state index contributed by atoms with van der Waals surface area (Å²) in [5, 5.41) is 9.08. The van der Waals surface area contributed by atoms with E-state index in [1.807, 2.05) is 4.90 Å². The van der Waals surface area contributed by atoms with Crippen LogP contribution in [0.15, 0.2) is 59.9 Å². The number of hydrogen-bond donors (Lipinski definition) is 2. The molecule has 10 nitrogen and oxygen atoms in total. The normalized spacial score (nSPS) is 15.4. The molecule has 11 heteroatoms. The lowest BCUT2D eigenvalue weighted by Crippen LogP contribution is -2.49. The van der Waals surface area contributed by atoms with Crippen LogP contribution in [0.4, 0.5) is 5.82 Å². The molecule has 1 aromatic carbocycles. The average molecular weight is 469 g/mol. The summed E-state index contributed by atoms with van der Waals surface area (Å²) in [4.78, 5) is 27.4. The van der Waals surface area contributed by atoms with Crippen molar-refractivity contribution in [2.45, 2.75) is 4.90 Å². The number of nitrogens with two attached hydrogens (primary N) is 1. The summed E-state index contributed by atoms with van der Waals surface area (Å²) in [7, 11) is -3.71. The monoisotopic (exact) mass is 468 g/mol. The summed E-state index contributed by atoms with van der Waals surface area (Å²) in [5.74, 6) is -0.434. The predicted molar refractivity (Wildman–Crippen MR) is 122 cm³/mol. The zero-order valence-corrected chi connectivity index (χ0v) is 18.6. The van der Waals surface area contributed by atoms with E-state index in [0.717, 1.165) is 0 Å². The Morgan fingerprint density at radius 2 is 1.88 bits per heavy atom. The Kier molecular flexibility index (Phi) is 6.75. The van der Waals surface area contributed by atoms with Crippen molar-refractivity contribution in [1.29, 1.82) is 0 Å². The molecule has 172 valence electrons. The van der Waals surface area contributed by atoms with Gasteiger partial charge in [-0.2, -0.15) is 4.31 Å². The number of carbonyl (C=O) groups excluding carboxylic acids is 1. The first-order chi connectivity index (χ1) is 15.9. The minimum absolute atomic E-state index is 0.0165. The molecule has 0 radical (unpaired) electrons. The molecule has 1 aliphatic heterocycles. The van der Waals surface area contributed by atoms with Gasteiger partial charge in [0.25, 0.3) is 0 Å². The number of ketones is 1. The van der Waals surface area contributed by atoms with E-state index in [9.17, 15) is 13.2 Å². The molecule has 33 heavy (non-hydrogen) atoms. The van der Waals surface area contributed by atoms with Crippen LogP contribution >= 0.6 is 0 Å². The molecule has 3 aromatic rings. The number of sulfonamides is 1. The van der Waals surface area contributed by atoms with Crippen LogP contribution in [-0.4, -0.2) is 82.8 Å². The van der Waals surface area contributed by atoms with Crippen molar-refractivity contribution in [2.24, 2.45) is 0 Å². The highest BCUT2D eigenvalue weighted by atomic mass is 32.2. The van der Waals surface area contributed by atoms with Gasteiger partial charge in [0, 0.05) is 56.2 Å². The maximum atomic E-state index is 13.2. The summed E-state index contributed by atoms with van der Waals surface area (Å²) < 4.78 is 27.8. The summed E-state index contributed by atoms with van der Waals surface area (Å²) in [6, 6.07) is 9.64. The van der Waals surface area contributed by atoms with E-state index in [-0.39, 0.29) is 23.0 Å². The number of aliphatic hydroxyl groups is 1. The molecule has 3 heterocycles. The zero-order valence-electron chi connectivity index (χ0n) is 17.8. The Morgan fingerprint density at radius 3 is 2.58 bits per heavy atom. The molecule has 2 aromatic heterocycles. The Hall–Kier alpha value is -3.25. The van der Waals surface area contributed by atoms with Crippen LogP contribution < -0.4 is 5.73 Å². The lowest BCUT2D eigenvalue weighted by Gasteiger charge is -2.33. The fourth-order valence-corrected chi connectivity index (χ4v) is 5.11. The SMILES string of the molecule is Nc1ncc(-c2cccc(S(=O)(=O)N3CCN(CCO)CC3)c2)nc1C(=O)c1cccnc1. The van der Waals surface area contributed by atoms with E-state index in [1.54, 1.807) is 30.5 Å². The van der Waals surface area contributed by atoms with Crippen molar-refractivity contribution < 1.29 is 18.3 Å². The Labute approximate surface area is 191 Å². The third-order valence-corrected chi connectivity index (χ3v) is 7.35. The van der Waals surface area contributed by atoms with Gasteiger partial charge in [-0.3, -0.25) is 14.7 Å². The molecule has 1 saturated heterocycles. The molecule has 0 unspecified atom stereocenters. The van der Waals surface area contributed by atoms with E-state index >= 15 is 0 Å². The number of benzene rings is 1. The summed E-state index contributed by atoms with van der Waals surface area (Å²) >= 11 is 0. The largest absolute Gasteiger partial charge is 0.395 e. The number of piperazine rings is 1. The van der Waals surface area contributed by atoms with Crippen molar-refractivity contribution in [3.8, 4) is 11.3 Å². The van der Waals surface area contributed by atoms with Gasteiger partial charge < -0.3 is 10.8 Å². The van der Waals surface area contributed by atoms with Crippen molar-refractivity contribution in [3.05, 3.63) is 66.2 Å². The number of aliphatic hydroxyl groups excluding tert-OH is 1. The molecule has 0 atom stereocenters. The topological polar surface area (TPSA) is 143 Å². The molecular formula is C22H24N6O4S. The summed E-state index contributed by atoms with van der Waals surface area (Å²) in [5.41, 5.74) is 7.04. The van der Waals surface area contributed by atoms with Crippen LogP contribution in [0.3, 0.4) is 0 Å². The maximum Gasteiger partial charge on any atom is 0.243 e. The van der Waals surface area contributed by atoms with E-state index < -0.39 is 15.8 Å². The van der Waals surface area contributed by atoms with Gasteiger partial charge in [-0.25, -0.2) is 18.4 Å². The number of nitrogen functional groups attached to an aromatic ring is 1. The number of pyridine rings is 1. The number of hydrogen-bond acceptors (Lipinski definition) is 9. The highest BCUT2D eigenvalue weighted by Crippen LogP contribution is 2.25. The first-order valence-electron chi connectivity index (χ1n) is 10.4. The zero-order chi connectivity index (χ0) is 23.4. The smallest absolute Gasteiger partial charge is 0.243 e. The van der Waals surface area contributed by atoms with Gasteiger partial charge >= 0.3 is 0 Å². The lowest BCUT2D eigenvalue weighted by atomic mass is 10.1. The second-order valence-electron chi connectivity index (χ2n) is 7.56. The van der Waals surface area contributed by atoms with Gasteiger partial charge in [0.15, 0.2) is 11.5 Å². The fourth-order valence-electron chi connectivity index (χ4n) is 3.64. The van der Waals surface area contributed by atoms with E-state index in [0.29, 0.717) is 49.5 Å². The number of β-amino-alcohol motifs (C(OH)–C–C–N with tert-alkyl or cyclic N) is 1. The molecule has 3 N–H and O–H groups in total. The Bertz CT molecular complexity index is 1240. The molecule has 0 aliphatic carbocycles. The number of nitrogens with zero attached hydrogens (tertiary/aromatic N) is 5. The van der Waals surface area contributed by atoms with Crippen LogP contribution in [0, 0.1) is 0 Å². The Balaban J connectivity index is 1.61. The molecule has 4 rings (SSSR count). The highest BCUT2D eigenvalue weighted by Gasteiger charge is 2.28. The maximum absolute atomic E-state index is 13.2. The van der Waals surface area contributed by atoms with E-state index in [2.05, 4.69) is 15.0 Å². The number of rotatable bonds is 7. The van der Waals surface area contributed by atoms with Crippen molar-refractivity contribution in [1.82, 2.24) is 24.2 Å². The molecule has 1 fully saturated rings. The summed E-state index contributed by atoms with van der Waals surface area (Å²) in [6.45, 7) is 2.38. The van der Waals surface area contributed by atoms with Crippen LogP contribution in [-0.2, 0) is 10.0 Å². The first kappa shape index (κ1) is 22.9. The highest BCUT2D eigenvalue weighted by molar-refractivity contribution is 7.89. The molecular weight excluding hydrogens is 444 g/mol. The fraction of sp³-hybridized carbons (Fsp3) is 0.273. The van der Waals surface area contributed by atoms with Crippen LogP contribution in [0.2, 0.25) is 0 Å². The second kappa shape index (κ2) is 9.71. The summed E-state index contributed by atoms with van der Waals surface area (Å²) in [6.07, 6.45) is 4.39. The van der Waals surface area contributed by atoms with Crippen LogP contribution in [0.25, 0.3) is 11.3 Å². The van der Waals surface area contributed by atoms with Gasteiger partial charge in [-0.1, -0.05) is 12.1 Å². The van der Waals surface area contributed by atoms with Crippen molar-refractivity contribution >= 4 is 21.6 Å². The molecule has 0 amide bonds. The first-order valence-corrected chi connectivity index (χ1v) is 11.8. The lowest BCUT2D eigenvalue weighted by molar-refractivity contribution is 0.103. The molecule has 0 bridgehead atoms.